The van der Waals surface area contributed by atoms with Crippen molar-refractivity contribution >= 4 is 18.0 Å². The van der Waals surface area contributed by atoms with Crippen LogP contribution in [0.2, 0.25) is 0 Å². The molecule has 1 aliphatic heterocycles. The molecule has 0 spiro atoms. The lowest BCUT2D eigenvalue weighted by molar-refractivity contribution is -0.137. The topological polar surface area (TPSA) is 12.5 Å². The molecule has 0 unspecified atom stereocenters. The van der Waals surface area contributed by atoms with Crippen molar-refractivity contribution in [3.63, 3.8) is 0 Å². The molecule has 30 heavy (non-hydrogen) atoms. The summed E-state index contributed by atoms with van der Waals surface area (Å²) >= 11 is 0. The Morgan fingerprint density at radius 2 is 1.70 bits per heavy atom. The summed E-state index contributed by atoms with van der Waals surface area (Å²) in [6.45, 7) is 5.62. The normalized spacial score (nSPS) is 14.7. The SMILES string of the molecule is CCCCOc1ccc(CCN2CC=C(c3ccc(C(F)(F)F)cc3)CC2)cc1.Cl. The van der Waals surface area contributed by atoms with E-state index in [1.807, 2.05) is 12.1 Å². The number of nitrogens with zero attached hydrogens (tertiary/aromatic N) is 1. The van der Waals surface area contributed by atoms with Crippen LogP contribution in [0.1, 0.15) is 42.9 Å². The predicted molar refractivity (Wildman–Crippen MR) is 118 cm³/mol. The number of alkyl halides is 3. The van der Waals surface area contributed by atoms with Gasteiger partial charge < -0.3 is 4.74 Å². The average Bonchev–Trinajstić information content (AvgIpc) is 2.73. The summed E-state index contributed by atoms with van der Waals surface area (Å²) in [6.07, 6.45) is 1.88. The molecular weight excluding hydrogens is 411 g/mol. The Bertz CT molecular complexity index is 801. The third kappa shape index (κ3) is 7.06. The zero-order chi connectivity index (χ0) is 20.7. The second-order valence-electron chi connectivity index (χ2n) is 7.45. The molecule has 0 saturated carbocycles. The van der Waals surface area contributed by atoms with E-state index in [4.69, 9.17) is 4.74 Å². The minimum absolute atomic E-state index is 0. The van der Waals surface area contributed by atoms with Gasteiger partial charge in [-0.3, -0.25) is 4.90 Å². The summed E-state index contributed by atoms with van der Waals surface area (Å²) in [6, 6.07) is 13.8. The van der Waals surface area contributed by atoms with E-state index in [1.54, 1.807) is 12.1 Å². The molecule has 1 aliphatic rings. The Morgan fingerprint density at radius 1 is 1.00 bits per heavy atom. The maximum absolute atomic E-state index is 12.7. The Kier molecular flexibility index (Phi) is 9.25. The Labute approximate surface area is 183 Å². The van der Waals surface area contributed by atoms with Gasteiger partial charge in [0.15, 0.2) is 0 Å². The molecular formula is C24H29ClF3NO. The average molecular weight is 440 g/mol. The van der Waals surface area contributed by atoms with Gasteiger partial charge in [-0.15, -0.1) is 12.4 Å². The summed E-state index contributed by atoms with van der Waals surface area (Å²) in [4.78, 5) is 2.37. The number of hydrogen-bond acceptors (Lipinski definition) is 2. The van der Waals surface area contributed by atoms with Crippen LogP contribution in [-0.2, 0) is 12.6 Å². The maximum Gasteiger partial charge on any atom is 0.416 e. The molecule has 3 rings (SSSR count). The highest BCUT2D eigenvalue weighted by molar-refractivity contribution is 5.85. The summed E-state index contributed by atoms with van der Waals surface area (Å²) in [5.41, 5.74) is 2.70. The van der Waals surface area contributed by atoms with Gasteiger partial charge in [0.05, 0.1) is 12.2 Å². The molecule has 0 aliphatic carbocycles. The highest BCUT2D eigenvalue weighted by atomic mass is 35.5. The minimum atomic E-state index is -4.28. The first-order valence-electron chi connectivity index (χ1n) is 10.3. The van der Waals surface area contributed by atoms with Gasteiger partial charge in [0.25, 0.3) is 0 Å². The number of hydrogen-bond donors (Lipinski definition) is 0. The Hall–Kier alpha value is -1.98. The molecule has 6 heteroatoms. The maximum atomic E-state index is 12.7. The summed E-state index contributed by atoms with van der Waals surface area (Å²) in [5.74, 6) is 0.921. The second-order valence-corrected chi connectivity index (χ2v) is 7.45. The lowest BCUT2D eigenvalue weighted by Crippen LogP contribution is -2.30. The van der Waals surface area contributed by atoms with Crippen molar-refractivity contribution in [3.05, 3.63) is 71.3 Å². The van der Waals surface area contributed by atoms with E-state index >= 15 is 0 Å². The highest BCUT2D eigenvalue weighted by Crippen LogP contribution is 2.31. The van der Waals surface area contributed by atoms with Gasteiger partial charge in [0.2, 0.25) is 0 Å². The van der Waals surface area contributed by atoms with Crippen LogP contribution < -0.4 is 4.74 Å². The van der Waals surface area contributed by atoms with E-state index in [2.05, 4.69) is 30.0 Å². The van der Waals surface area contributed by atoms with E-state index < -0.39 is 11.7 Å². The van der Waals surface area contributed by atoms with Crippen molar-refractivity contribution in [3.8, 4) is 5.75 Å². The van der Waals surface area contributed by atoms with Crippen LogP contribution in [0.5, 0.6) is 5.75 Å². The molecule has 0 radical (unpaired) electrons. The molecule has 2 aromatic rings. The monoisotopic (exact) mass is 439 g/mol. The van der Waals surface area contributed by atoms with Crippen LogP contribution in [0.25, 0.3) is 5.57 Å². The molecule has 0 fully saturated rings. The number of rotatable bonds is 8. The van der Waals surface area contributed by atoms with Gasteiger partial charge in [-0.1, -0.05) is 43.7 Å². The molecule has 0 aromatic heterocycles. The molecule has 2 nitrogen and oxygen atoms in total. The molecule has 2 aromatic carbocycles. The van der Waals surface area contributed by atoms with Crippen molar-refractivity contribution < 1.29 is 17.9 Å². The van der Waals surface area contributed by atoms with Gasteiger partial charge in [-0.25, -0.2) is 0 Å². The Morgan fingerprint density at radius 3 is 2.27 bits per heavy atom. The Balaban J connectivity index is 0.00000320. The third-order valence-corrected chi connectivity index (χ3v) is 5.28. The van der Waals surface area contributed by atoms with Gasteiger partial charge in [-0.2, -0.15) is 13.2 Å². The van der Waals surface area contributed by atoms with Gasteiger partial charge in [0.1, 0.15) is 5.75 Å². The first kappa shape index (κ1) is 24.3. The van der Waals surface area contributed by atoms with Crippen LogP contribution in [0.3, 0.4) is 0 Å². The standard InChI is InChI=1S/C24H28F3NO.ClH/c1-2-3-18-29-23-10-4-19(5-11-23)12-15-28-16-13-21(14-17-28)20-6-8-22(9-7-20)24(25,26)27;/h4-11,13H,2-3,12,14-18H2,1H3;1H. The van der Waals surface area contributed by atoms with Crippen LogP contribution in [0.15, 0.2) is 54.6 Å². The molecule has 0 atom stereocenters. The summed E-state index contributed by atoms with van der Waals surface area (Å²) in [5, 5.41) is 0. The fourth-order valence-corrected chi connectivity index (χ4v) is 3.42. The fourth-order valence-electron chi connectivity index (χ4n) is 3.42. The predicted octanol–water partition coefficient (Wildman–Crippen LogP) is 6.64. The van der Waals surface area contributed by atoms with Crippen molar-refractivity contribution in [1.82, 2.24) is 4.90 Å². The molecule has 0 bridgehead atoms. The fraction of sp³-hybridized carbons (Fsp3) is 0.417. The van der Waals surface area contributed by atoms with Gasteiger partial charge in [-0.05, 0) is 60.2 Å². The number of unbranched alkanes of at least 4 members (excludes halogenated alkanes) is 1. The smallest absolute Gasteiger partial charge is 0.416 e. The summed E-state index contributed by atoms with van der Waals surface area (Å²) in [7, 11) is 0. The lowest BCUT2D eigenvalue weighted by Gasteiger charge is -2.26. The van der Waals surface area contributed by atoms with E-state index in [0.717, 1.165) is 80.9 Å². The molecule has 0 saturated heterocycles. The number of benzene rings is 2. The second kappa shape index (κ2) is 11.4. The van der Waals surface area contributed by atoms with Crippen molar-refractivity contribution in [1.29, 1.82) is 0 Å². The van der Waals surface area contributed by atoms with Crippen molar-refractivity contribution in [2.24, 2.45) is 0 Å². The number of ether oxygens (including phenoxy) is 1. The molecule has 164 valence electrons. The van der Waals surface area contributed by atoms with E-state index in [0.29, 0.717) is 0 Å². The zero-order valence-corrected chi connectivity index (χ0v) is 18.1. The van der Waals surface area contributed by atoms with Crippen LogP contribution in [0, 0.1) is 0 Å². The zero-order valence-electron chi connectivity index (χ0n) is 17.3. The van der Waals surface area contributed by atoms with E-state index in [-0.39, 0.29) is 12.4 Å². The molecule has 0 N–H and O–H groups in total. The first-order chi connectivity index (χ1) is 14.0. The molecule has 0 amide bonds. The molecule has 1 heterocycles. The van der Waals surface area contributed by atoms with E-state index in [1.165, 1.54) is 5.56 Å². The summed E-state index contributed by atoms with van der Waals surface area (Å²) < 4.78 is 43.8. The largest absolute Gasteiger partial charge is 0.494 e. The van der Waals surface area contributed by atoms with Crippen molar-refractivity contribution in [2.75, 3.05) is 26.2 Å². The quantitative estimate of drug-likeness (QED) is 0.427. The minimum Gasteiger partial charge on any atom is -0.494 e. The van der Waals surface area contributed by atoms with Crippen LogP contribution >= 0.6 is 12.4 Å². The first-order valence-corrected chi connectivity index (χ1v) is 10.3. The van der Waals surface area contributed by atoms with Gasteiger partial charge >= 0.3 is 6.18 Å². The van der Waals surface area contributed by atoms with Crippen LogP contribution in [-0.4, -0.2) is 31.1 Å². The van der Waals surface area contributed by atoms with Gasteiger partial charge in [0, 0.05) is 19.6 Å². The third-order valence-electron chi connectivity index (χ3n) is 5.28. The lowest BCUT2D eigenvalue weighted by atomic mass is 9.98. The van der Waals surface area contributed by atoms with E-state index in [9.17, 15) is 13.2 Å². The van der Waals surface area contributed by atoms with Crippen molar-refractivity contribution in [2.45, 2.75) is 38.8 Å². The highest BCUT2D eigenvalue weighted by Gasteiger charge is 2.30. The van der Waals surface area contributed by atoms with Crippen LogP contribution in [0.4, 0.5) is 13.2 Å². The number of halogens is 4.